The highest BCUT2D eigenvalue weighted by molar-refractivity contribution is 7.89. The van der Waals surface area contributed by atoms with Crippen LogP contribution in [0.1, 0.15) is 50.6 Å². The van der Waals surface area contributed by atoms with E-state index >= 15 is 0 Å². The molecule has 3 atom stereocenters. The van der Waals surface area contributed by atoms with Crippen molar-refractivity contribution in [2.45, 2.75) is 56.0 Å². The van der Waals surface area contributed by atoms with Gasteiger partial charge in [-0.1, -0.05) is 12.1 Å². The molecule has 7 rings (SSSR count). The minimum atomic E-state index is -3.75. The number of hydrogen-bond donors (Lipinski definition) is 4. The van der Waals surface area contributed by atoms with E-state index in [0.717, 1.165) is 31.4 Å². The Morgan fingerprint density at radius 2 is 1.81 bits per heavy atom. The fourth-order valence-corrected chi connectivity index (χ4v) is 8.52. The number of sulfonamides is 1. The number of nitrogens with zero attached hydrogens (tertiary/aromatic N) is 1. The minimum Gasteiger partial charge on any atom is -0.380 e. The van der Waals surface area contributed by atoms with Crippen LogP contribution in [0.5, 0.6) is 0 Å². The first-order valence-corrected chi connectivity index (χ1v) is 14.3. The van der Waals surface area contributed by atoms with E-state index in [2.05, 4.69) is 25.7 Å². The highest BCUT2D eigenvalue weighted by atomic mass is 32.2. The van der Waals surface area contributed by atoms with Crippen molar-refractivity contribution in [3.63, 3.8) is 0 Å². The second-order valence-electron chi connectivity index (χ2n) is 11.1. The molecule has 2 heterocycles. The topological polar surface area (TPSA) is 112 Å². The van der Waals surface area contributed by atoms with Gasteiger partial charge < -0.3 is 16.0 Å². The Bertz CT molecular complexity index is 1270. The monoisotopic (exact) mass is 513 g/mol. The Balaban J connectivity index is 1.17. The first-order chi connectivity index (χ1) is 17.2. The van der Waals surface area contributed by atoms with Gasteiger partial charge in [-0.15, -0.1) is 0 Å². The van der Waals surface area contributed by atoms with Gasteiger partial charge in [-0.05, 0) is 80.5 Å². The summed E-state index contributed by atoms with van der Waals surface area (Å²) in [5, 5.41) is 9.53. The van der Waals surface area contributed by atoms with Crippen molar-refractivity contribution in [2.24, 2.45) is 23.2 Å². The van der Waals surface area contributed by atoms with E-state index in [1.807, 2.05) is 6.92 Å². The van der Waals surface area contributed by atoms with Crippen LogP contribution in [-0.2, 0) is 14.8 Å². The van der Waals surface area contributed by atoms with Crippen molar-refractivity contribution >= 4 is 27.4 Å². The average molecular weight is 514 g/mol. The maximum atomic E-state index is 13.6. The lowest BCUT2D eigenvalue weighted by atomic mass is 9.47. The third-order valence-corrected chi connectivity index (χ3v) is 10.1. The zero-order valence-electron chi connectivity index (χ0n) is 20.3. The predicted molar refractivity (Wildman–Crippen MR) is 134 cm³/mol. The molecule has 4 fully saturated rings. The Morgan fingerprint density at radius 3 is 2.53 bits per heavy atom. The van der Waals surface area contributed by atoms with Gasteiger partial charge in [0.2, 0.25) is 15.9 Å². The number of fused-ring (bicyclic) bond motifs is 1. The smallest absolute Gasteiger partial charge is 0.242 e. The molecule has 4 bridgehead atoms. The van der Waals surface area contributed by atoms with E-state index in [0.29, 0.717) is 36.8 Å². The molecule has 1 amide bonds. The summed E-state index contributed by atoms with van der Waals surface area (Å²) < 4.78 is 43.0. The quantitative estimate of drug-likeness (QED) is 0.471. The number of carbonyl (C=O) groups excluding carboxylic acids is 1. The molecule has 2 unspecified atom stereocenters. The molecule has 10 heteroatoms. The number of amides is 1. The molecule has 1 aromatic carbocycles. The standard InChI is InChI=1S/C26H32FN5O3S/c1-15(17-2-4-20(27)5-3-17)31-25(33)26-11-16-8-18(12-26)23(19(9-16)13-26)32-36(34,35)21-10-22-24(30-14-21)29-7-6-28-22/h2-5,10,14-16,18-19,23,28,32H,6-9,11-13H2,1H3,(H,29,30)(H,31,33)/t15-,16?,18?,19?,23?,26?/m1/s1. The number of nitrogens with one attached hydrogen (secondary N) is 4. The van der Waals surface area contributed by atoms with Gasteiger partial charge in [-0.25, -0.2) is 22.5 Å². The number of rotatable bonds is 6. The number of pyridine rings is 1. The van der Waals surface area contributed by atoms with Crippen LogP contribution in [0.15, 0.2) is 41.4 Å². The lowest BCUT2D eigenvalue weighted by molar-refractivity contribution is -0.149. The van der Waals surface area contributed by atoms with Gasteiger partial charge in [0, 0.05) is 25.3 Å². The van der Waals surface area contributed by atoms with E-state index in [1.54, 1.807) is 18.2 Å². The van der Waals surface area contributed by atoms with Gasteiger partial charge in [-0.3, -0.25) is 4.79 Å². The molecule has 0 saturated heterocycles. The molecular formula is C26H32FN5O3S. The van der Waals surface area contributed by atoms with E-state index in [-0.39, 0.29) is 40.5 Å². The Kier molecular flexibility index (Phi) is 5.71. The van der Waals surface area contributed by atoms with Crippen LogP contribution >= 0.6 is 0 Å². The lowest BCUT2D eigenvalue weighted by Gasteiger charge is -2.59. The molecule has 0 radical (unpaired) electrons. The van der Waals surface area contributed by atoms with Crippen molar-refractivity contribution in [2.75, 3.05) is 23.7 Å². The Hall–Kier alpha value is -2.72. The summed E-state index contributed by atoms with van der Waals surface area (Å²) in [5.74, 6) is 1.10. The fourth-order valence-electron chi connectivity index (χ4n) is 7.17. The number of halogens is 1. The number of benzene rings is 1. The van der Waals surface area contributed by atoms with E-state index in [9.17, 15) is 17.6 Å². The third-order valence-electron chi connectivity index (χ3n) is 8.67. The van der Waals surface area contributed by atoms with Gasteiger partial charge in [-0.2, -0.15) is 0 Å². The normalized spacial score (nSPS) is 31.2. The summed E-state index contributed by atoms with van der Waals surface area (Å²) in [6, 6.07) is 7.45. The summed E-state index contributed by atoms with van der Waals surface area (Å²) in [6.07, 6.45) is 5.52. The first-order valence-electron chi connectivity index (χ1n) is 12.8. The molecular weight excluding hydrogens is 481 g/mol. The number of anilines is 2. The molecule has 1 aromatic heterocycles. The first kappa shape index (κ1) is 23.7. The zero-order chi connectivity index (χ0) is 25.1. The Labute approximate surface area is 210 Å². The Morgan fingerprint density at radius 1 is 1.11 bits per heavy atom. The summed E-state index contributed by atoms with van der Waals surface area (Å²) >= 11 is 0. The van der Waals surface area contributed by atoms with Crippen molar-refractivity contribution < 1.29 is 17.6 Å². The maximum Gasteiger partial charge on any atom is 0.242 e. The highest BCUT2D eigenvalue weighted by Gasteiger charge is 2.59. The molecule has 0 spiro atoms. The van der Waals surface area contributed by atoms with Crippen LogP contribution in [0.2, 0.25) is 0 Å². The molecule has 4 saturated carbocycles. The largest absolute Gasteiger partial charge is 0.380 e. The number of aromatic nitrogens is 1. The molecule has 4 aliphatic carbocycles. The predicted octanol–water partition coefficient (Wildman–Crippen LogP) is 3.41. The van der Waals surface area contributed by atoms with Crippen LogP contribution in [0.4, 0.5) is 15.9 Å². The van der Waals surface area contributed by atoms with Crippen molar-refractivity contribution in [1.82, 2.24) is 15.0 Å². The van der Waals surface area contributed by atoms with Gasteiger partial charge >= 0.3 is 0 Å². The molecule has 8 nitrogen and oxygen atoms in total. The van der Waals surface area contributed by atoms with E-state index in [1.165, 1.54) is 18.3 Å². The van der Waals surface area contributed by atoms with Crippen LogP contribution in [0.3, 0.4) is 0 Å². The minimum absolute atomic E-state index is 0.0393. The molecule has 2 aromatic rings. The van der Waals surface area contributed by atoms with Crippen molar-refractivity contribution in [3.8, 4) is 0 Å². The second kappa shape index (κ2) is 8.69. The van der Waals surface area contributed by atoms with Gasteiger partial charge in [0.05, 0.1) is 17.1 Å². The second-order valence-corrected chi connectivity index (χ2v) is 12.8. The molecule has 36 heavy (non-hydrogen) atoms. The van der Waals surface area contributed by atoms with Gasteiger partial charge in [0.1, 0.15) is 16.5 Å². The summed E-state index contributed by atoms with van der Waals surface area (Å²) in [6.45, 7) is 3.37. The number of hydrogen-bond acceptors (Lipinski definition) is 6. The zero-order valence-corrected chi connectivity index (χ0v) is 21.1. The summed E-state index contributed by atoms with van der Waals surface area (Å²) in [7, 11) is -3.75. The molecule has 192 valence electrons. The summed E-state index contributed by atoms with van der Waals surface area (Å²) in [5.41, 5.74) is 1.10. The fraction of sp³-hybridized carbons (Fsp3) is 0.538. The SMILES string of the molecule is C[C@@H](NC(=O)C12CC3CC(C1)C(NS(=O)(=O)c1cnc4c(c1)NCCN4)C(C3)C2)c1ccc(F)cc1. The average Bonchev–Trinajstić information content (AvgIpc) is 2.86. The van der Waals surface area contributed by atoms with Crippen LogP contribution in [0, 0.1) is 29.0 Å². The van der Waals surface area contributed by atoms with Crippen LogP contribution < -0.4 is 20.7 Å². The molecule has 4 N–H and O–H groups in total. The van der Waals surface area contributed by atoms with Crippen LogP contribution in [0.25, 0.3) is 0 Å². The summed E-state index contributed by atoms with van der Waals surface area (Å²) in [4.78, 5) is 18.0. The maximum absolute atomic E-state index is 13.6. The van der Waals surface area contributed by atoms with E-state index in [4.69, 9.17) is 0 Å². The van der Waals surface area contributed by atoms with Gasteiger partial charge in [0.25, 0.3) is 0 Å². The third kappa shape index (κ3) is 4.14. The van der Waals surface area contributed by atoms with Crippen LogP contribution in [-0.4, -0.2) is 38.4 Å². The highest BCUT2D eigenvalue weighted by Crippen LogP contribution is 2.60. The number of carbonyl (C=O) groups is 1. The lowest BCUT2D eigenvalue weighted by Crippen LogP contribution is -2.62. The van der Waals surface area contributed by atoms with Gasteiger partial charge in [0.15, 0.2) is 0 Å². The van der Waals surface area contributed by atoms with Crippen molar-refractivity contribution in [3.05, 3.63) is 47.9 Å². The van der Waals surface area contributed by atoms with E-state index < -0.39 is 15.4 Å². The van der Waals surface area contributed by atoms with Crippen molar-refractivity contribution in [1.29, 1.82) is 0 Å². The molecule has 1 aliphatic heterocycles. The molecule has 5 aliphatic rings.